The van der Waals surface area contributed by atoms with Crippen molar-refractivity contribution in [2.45, 2.75) is 85.4 Å². The fraction of sp³-hybridized carbons (Fsp3) is 0.781. The van der Waals surface area contributed by atoms with Crippen molar-refractivity contribution in [2.24, 2.45) is 5.92 Å². The summed E-state index contributed by atoms with van der Waals surface area (Å²) >= 11 is 0. The molecule has 0 spiro atoms. The van der Waals surface area contributed by atoms with Gasteiger partial charge in [0, 0.05) is 62.6 Å². The van der Waals surface area contributed by atoms with E-state index in [1.54, 1.807) is 40.2 Å². The van der Waals surface area contributed by atoms with Gasteiger partial charge in [0.05, 0.1) is 185 Å². The summed E-state index contributed by atoms with van der Waals surface area (Å²) in [5.74, 6) is -3.47. The van der Waals surface area contributed by atoms with Gasteiger partial charge in [-0.2, -0.15) is 0 Å². The van der Waals surface area contributed by atoms with Crippen LogP contribution in [0.25, 0.3) is 0 Å². The third kappa shape index (κ3) is 48.9. The molecule has 1 aliphatic heterocycles. The van der Waals surface area contributed by atoms with E-state index in [4.69, 9.17) is 80.5 Å². The molecule has 5 amide bonds. The number of amides is 5. The maximum atomic E-state index is 13.4. The predicted octanol–water partition coefficient (Wildman–Crippen LogP) is 3.56. The van der Waals surface area contributed by atoms with Gasteiger partial charge in [-0.15, -0.1) is 0 Å². The molecule has 1 heterocycles. The van der Waals surface area contributed by atoms with Crippen LogP contribution in [0.3, 0.4) is 0 Å². The Morgan fingerprint density at radius 1 is 0.489 bits per heavy atom. The second-order valence-electron chi connectivity index (χ2n) is 20.9. The van der Waals surface area contributed by atoms with Crippen LogP contribution in [-0.4, -0.2) is 296 Å². The molecule has 1 aromatic rings. The Labute approximate surface area is 550 Å². The molecule has 538 valence electrons. The molecule has 0 unspecified atom stereocenters. The van der Waals surface area contributed by atoms with Gasteiger partial charge in [-0.05, 0) is 68.3 Å². The van der Waals surface area contributed by atoms with Gasteiger partial charge in [0.15, 0.2) is 0 Å². The van der Waals surface area contributed by atoms with Crippen molar-refractivity contribution in [3.05, 3.63) is 41.5 Å². The summed E-state index contributed by atoms with van der Waals surface area (Å²) in [7, 11) is 3.27. The van der Waals surface area contributed by atoms with Crippen molar-refractivity contribution in [1.29, 1.82) is 0 Å². The Hall–Kier alpha value is -4.70. The number of carbonyl (C=O) groups is 6. The van der Waals surface area contributed by atoms with Crippen LogP contribution in [0.15, 0.2) is 30.4 Å². The second kappa shape index (κ2) is 62.4. The average molecular weight is 1330 g/mol. The molecule has 0 bridgehead atoms. The van der Waals surface area contributed by atoms with Crippen LogP contribution < -0.4 is 16.0 Å². The number of nitrogens with zero attached hydrogens (tertiary/aromatic N) is 2. The van der Waals surface area contributed by atoms with E-state index in [2.05, 4.69) is 34.7 Å². The molecule has 1 aliphatic rings. The van der Waals surface area contributed by atoms with Crippen molar-refractivity contribution in [2.75, 3.05) is 244 Å². The van der Waals surface area contributed by atoms with E-state index < -0.39 is 54.1 Å². The van der Waals surface area contributed by atoms with E-state index in [0.717, 1.165) is 67.1 Å². The van der Waals surface area contributed by atoms with Gasteiger partial charge in [0.2, 0.25) is 17.7 Å². The summed E-state index contributed by atoms with van der Waals surface area (Å²) in [4.78, 5) is 77.9. The zero-order valence-corrected chi connectivity index (χ0v) is 56.3. The number of benzene rings is 1. The molecule has 0 aliphatic carbocycles. The zero-order valence-electron chi connectivity index (χ0n) is 56.3. The minimum absolute atomic E-state index is 0. The van der Waals surface area contributed by atoms with E-state index in [1.165, 1.54) is 13.3 Å². The monoisotopic (exact) mass is 1330 g/mol. The van der Waals surface area contributed by atoms with E-state index in [-0.39, 0.29) is 10.9 Å². The lowest BCUT2D eigenvalue weighted by Crippen LogP contribution is -2.55. The lowest BCUT2D eigenvalue weighted by atomic mass is 10.0. The average Bonchev–Trinajstić information content (AvgIpc) is 1.87. The van der Waals surface area contributed by atoms with Crippen molar-refractivity contribution < 1.29 is 114 Å². The number of rotatable bonds is 65. The van der Waals surface area contributed by atoms with Crippen LogP contribution in [0.5, 0.6) is 0 Å². The van der Waals surface area contributed by atoms with Crippen LogP contribution in [0.1, 0.15) is 75.7 Å². The van der Waals surface area contributed by atoms with Crippen molar-refractivity contribution in [3.63, 3.8) is 0 Å². The molecule has 0 saturated heterocycles. The number of ether oxygens (including phenoxy) is 17. The second-order valence-corrected chi connectivity index (χ2v) is 20.9. The van der Waals surface area contributed by atoms with Crippen LogP contribution in [0.2, 0.25) is 0 Å². The standard InChI is InChI=1S/C61H105N5O23.C3H8.3H2/c1-51(2)59(64-56(68)48-66-57(69)12-13-58(66)70)61(72)62-52(3)60(71)63-55-11-10-54(49-89-50-67)53(47-55)9-6-14-65(15-7-17-75-23-25-79-31-33-83-39-41-87-45-43-85-37-35-81-29-27-77-21-19-73-4)16-8-18-76-24-26-80-32-34-84-40-42-88-46-44-86-38-36-82-30-28-78-22-20-74-5;1-3-2;;;/h10-13,47,50-52,59H,6-9,14-46,48-49H2,1-5H3,(H,62,72)(H,63,71)(H,64,68);3H2,1-2H3;3*1H/t52-,59-;;;;/m0..../s1. The van der Waals surface area contributed by atoms with Crippen LogP contribution in [0, 0.1) is 5.92 Å². The normalized spacial score (nSPS) is 12.8. The quantitative estimate of drug-likeness (QED) is 0.0477. The Morgan fingerprint density at radius 3 is 1.18 bits per heavy atom. The molecular formula is C64H119N5O23. The topological polar surface area (TPSA) is 302 Å². The molecule has 3 N–H and O–H groups in total. The molecule has 2 atom stereocenters. The van der Waals surface area contributed by atoms with E-state index >= 15 is 0 Å². The highest BCUT2D eigenvalue weighted by Crippen LogP contribution is 2.20. The van der Waals surface area contributed by atoms with Gasteiger partial charge in [-0.3, -0.25) is 33.7 Å². The predicted molar refractivity (Wildman–Crippen MR) is 348 cm³/mol. The number of hydrogen-bond acceptors (Lipinski definition) is 24. The first-order valence-electron chi connectivity index (χ1n) is 32.3. The lowest BCUT2D eigenvalue weighted by molar-refractivity contribution is -0.141. The summed E-state index contributed by atoms with van der Waals surface area (Å²) in [6, 6.07) is 3.23. The number of carbonyl (C=O) groups excluding carboxylic acids is 6. The molecule has 1 aromatic carbocycles. The number of methoxy groups -OCH3 is 2. The minimum Gasteiger partial charge on any atom is -0.463 e. The summed E-state index contributed by atoms with van der Waals surface area (Å²) in [6.07, 6.45) is 6.28. The Balaban J connectivity index is -0.0000138. The third-order valence-electron chi connectivity index (χ3n) is 12.8. The largest absolute Gasteiger partial charge is 0.463 e. The van der Waals surface area contributed by atoms with Gasteiger partial charge < -0.3 is 101 Å². The van der Waals surface area contributed by atoms with E-state index in [0.29, 0.717) is 217 Å². The Morgan fingerprint density at radius 2 is 0.837 bits per heavy atom. The first-order chi connectivity index (χ1) is 44.9. The van der Waals surface area contributed by atoms with Crippen molar-refractivity contribution in [1.82, 2.24) is 20.4 Å². The number of hydrogen-bond donors (Lipinski definition) is 3. The lowest BCUT2D eigenvalue weighted by Gasteiger charge is -2.25. The molecule has 0 saturated carbocycles. The summed E-state index contributed by atoms with van der Waals surface area (Å²) in [6.45, 7) is 25.9. The fourth-order valence-corrected chi connectivity index (χ4v) is 8.04. The zero-order chi connectivity index (χ0) is 67.2. The summed E-state index contributed by atoms with van der Waals surface area (Å²) in [5, 5.41) is 8.10. The highest BCUT2D eigenvalue weighted by Gasteiger charge is 2.31. The van der Waals surface area contributed by atoms with Gasteiger partial charge in [0.25, 0.3) is 18.3 Å². The molecule has 2 rings (SSSR count). The molecule has 0 radical (unpaired) electrons. The SMILES string of the molecule is CCC.COCCOCCOCCOCCOCCOCCOCCOCCCN(CCCOCCOCCOCCOCCOCCOCCOCCOC)CCCc1cc(NC(=O)[C@H](C)NC(=O)[C@@H](NC(=O)CN2C(=O)C=CC2=O)C(C)C)ccc1COC=O.[HH].[HH].[HH]. The maximum absolute atomic E-state index is 13.4. The Bertz CT molecular complexity index is 1960. The van der Waals surface area contributed by atoms with Gasteiger partial charge in [0.1, 0.15) is 25.2 Å². The van der Waals surface area contributed by atoms with Gasteiger partial charge in [-0.1, -0.05) is 40.2 Å². The molecule has 28 nitrogen and oxygen atoms in total. The first kappa shape index (κ1) is 85.3. The van der Waals surface area contributed by atoms with E-state index in [1.807, 2.05) is 6.07 Å². The fourth-order valence-electron chi connectivity index (χ4n) is 8.04. The Kier molecular flexibility index (Phi) is 57.9. The number of nitrogens with one attached hydrogen (secondary N) is 3. The molecule has 92 heavy (non-hydrogen) atoms. The molecule has 0 fully saturated rings. The third-order valence-corrected chi connectivity index (χ3v) is 12.8. The maximum Gasteiger partial charge on any atom is 0.293 e. The smallest absolute Gasteiger partial charge is 0.293 e. The van der Waals surface area contributed by atoms with Crippen molar-refractivity contribution in [3.8, 4) is 0 Å². The highest BCUT2D eigenvalue weighted by atomic mass is 16.6. The molecular weight excluding hydrogens is 1210 g/mol. The number of aryl methyl sites for hydroxylation is 1. The minimum atomic E-state index is -1.05. The molecule has 28 heteroatoms. The first-order valence-corrected chi connectivity index (χ1v) is 32.3. The van der Waals surface area contributed by atoms with Crippen molar-refractivity contribution >= 4 is 41.7 Å². The summed E-state index contributed by atoms with van der Waals surface area (Å²) < 4.78 is 93.1. The van der Waals surface area contributed by atoms with E-state index in [9.17, 15) is 28.8 Å². The summed E-state index contributed by atoms with van der Waals surface area (Å²) in [5.41, 5.74) is 2.11. The highest BCUT2D eigenvalue weighted by molar-refractivity contribution is 6.14. The number of anilines is 1. The number of imide groups is 1. The van der Waals surface area contributed by atoms with Gasteiger partial charge in [-0.25, -0.2) is 0 Å². The van der Waals surface area contributed by atoms with Gasteiger partial charge >= 0.3 is 0 Å². The van der Waals surface area contributed by atoms with Crippen LogP contribution >= 0.6 is 0 Å². The van der Waals surface area contributed by atoms with Crippen LogP contribution in [0.4, 0.5) is 5.69 Å². The van der Waals surface area contributed by atoms with Crippen LogP contribution in [-0.2, 0) is 122 Å². The molecule has 0 aromatic heterocycles.